The van der Waals surface area contributed by atoms with Gasteiger partial charge in [0, 0.05) is 29.4 Å². The van der Waals surface area contributed by atoms with Crippen LogP contribution < -0.4 is 10.6 Å². The van der Waals surface area contributed by atoms with Crippen molar-refractivity contribution in [1.29, 1.82) is 0 Å². The predicted molar refractivity (Wildman–Crippen MR) is 146 cm³/mol. The van der Waals surface area contributed by atoms with Gasteiger partial charge in [-0.05, 0) is 79.5 Å². The van der Waals surface area contributed by atoms with Crippen molar-refractivity contribution in [2.24, 2.45) is 5.41 Å². The molecule has 2 aromatic heterocycles. The van der Waals surface area contributed by atoms with Crippen LogP contribution in [0.2, 0.25) is 0 Å². The highest BCUT2D eigenvalue weighted by Gasteiger charge is 2.52. The van der Waals surface area contributed by atoms with Gasteiger partial charge in [-0.2, -0.15) is 0 Å². The van der Waals surface area contributed by atoms with Crippen molar-refractivity contribution in [2.45, 2.75) is 62.8 Å². The van der Waals surface area contributed by atoms with Crippen LogP contribution in [0.15, 0.2) is 48.8 Å². The van der Waals surface area contributed by atoms with E-state index in [4.69, 9.17) is 0 Å². The summed E-state index contributed by atoms with van der Waals surface area (Å²) >= 11 is 0. The Morgan fingerprint density at radius 3 is 2.56 bits per heavy atom. The van der Waals surface area contributed by atoms with Crippen LogP contribution in [0, 0.1) is 17.0 Å². The van der Waals surface area contributed by atoms with E-state index in [2.05, 4.69) is 20.6 Å². The Kier molecular flexibility index (Phi) is 5.92. The fourth-order valence-electron chi connectivity index (χ4n) is 7.49. The van der Waals surface area contributed by atoms with Crippen molar-refractivity contribution in [2.75, 3.05) is 17.2 Å². The topological polar surface area (TPSA) is 104 Å². The third-order valence-electron chi connectivity index (χ3n) is 9.46. The van der Waals surface area contributed by atoms with Crippen LogP contribution in [-0.4, -0.2) is 39.1 Å². The van der Waals surface area contributed by atoms with Crippen LogP contribution in [0.4, 0.5) is 20.4 Å². The summed E-state index contributed by atoms with van der Waals surface area (Å²) in [6, 6.07) is 8.18. The van der Waals surface area contributed by atoms with Crippen LogP contribution in [0.25, 0.3) is 0 Å². The summed E-state index contributed by atoms with van der Waals surface area (Å²) in [4.78, 5) is 50.4. The molecule has 0 radical (unpaired) electrons. The van der Waals surface area contributed by atoms with Crippen LogP contribution in [0.5, 0.6) is 0 Å². The number of nitrogens with zero attached hydrogens (tertiary/aromatic N) is 3. The summed E-state index contributed by atoms with van der Waals surface area (Å²) in [7, 11) is 0. The first-order valence-electron chi connectivity index (χ1n) is 14.1. The highest BCUT2D eigenvalue weighted by molar-refractivity contribution is 6.06. The molecule has 2 atom stereocenters. The summed E-state index contributed by atoms with van der Waals surface area (Å²) in [5.41, 5.74) is 1.78. The molecule has 1 saturated carbocycles. The van der Waals surface area contributed by atoms with Crippen LogP contribution in [0.3, 0.4) is 0 Å². The first-order valence-corrected chi connectivity index (χ1v) is 14.1. The van der Waals surface area contributed by atoms with E-state index in [0.29, 0.717) is 42.9 Å². The highest BCUT2D eigenvalue weighted by atomic mass is 19.1. The van der Waals surface area contributed by atoms with Gasteiger partial charge >= 0.3 is 0 Å². The Hall–Kier alpha value is -4.21. The first kappa shape index (κ1) is 25.7. The van der Waals surface area contributed by atoms with Gasteiger partial charge in [-0.3, -0.25) is 14.4 Å². The molecular formula is C31H29F2N5O3. The number of pyridine rings is 2. The number of carbonyl (C=O) groups excluding carboxylic acids is 3. The van der Waals surface area contributed by atoms with Crippen molar-refractivity contribution >= 4 is 29.4 Å². The van der Waals surface area contributed by atoms with E-state index in [1.165, 1.54) is 17.0 Å². The molecule has 3 aromatic rings. The van der Waals surface area contributed by atoms with E-state index in [1.54, 1.807) is 18.5 Å². The van der Waals surface area contributed by atoms with Crippen LogP contribution in [0.1, 0.15) is 66.8 Å². The summed E-state index contributed by atoms with van der Waals surface area (Å²) in [5.74, 6) is -1.20. The lowest BCUT2D eigenvalue weighted by molar-refractivity contribution is -0.152. The molecule has 2 N–H and O–H groups in total. The number of amides is 3. The third kappa shape index (κ3) is 4.19. The second kappa shape index (κ2) is 9.43. The number of fused-ring (bicyclic) bond motifs is 3. The normalized spacial score (nSPS) is 24.0. The number of nitrogens with one attached hydrogen (secondary N) is 2. The molecule has 2 fully saturated rings. The first-order chi connectivity index (χ1) is 19.8. The van der Waals surface area contributed by atoms with Gasteiger partial charge in [0.05, 0.1) is 11.5 Å². The minimum Gasteiger partial charge on any atom is -0.326 e. The maximum absolute atomic E-state index is 14.1. The second-order valence-corrected chi connectivity index (χ2v) is 11.9. The van der Waals surface area contributed by atoms with Gasteiger partial charge in [0.25, 0.3) is 0 Å². The number of hydrogen-bond acceptors (Lipinski definition) is 5. The molecule has 4 aliphatic rings. The van der Waals surface area contributed by atoms with E-state index in [9.17, 15) is 23.2 Å². The fraction of sp³-hybridized carbons (Fsp3) is 0.387. The third-order valence-corrected chi connectivity index (χ3v) is 9.46. The summed E-state index contributed by atoms with van der Waals surface area (Å²) in [5, 5.41) is 5.70. The molecule has 10 heteroatoms. The number of carbonyl (C=O) groups is 3. The number of anilines is 2. The van der Waals surface area contributed by atoms with Gasteiger partial charge in [-0.25, -0.2) is 18.7 Å². The quantitative estimate of drug-likeness (QED) is 0.488. The molecule has 41 heavy (non-hydrogen) atoms. The number of likely N-dealkylation sites (tertiary alicyclic amines) is 1. The van der Waals surface area contributed by atoms with E-state index in [-0.39, 0.29) is 18.4 Å². The van der Waals surface area contributed by atoms with Crippen molar-refractivity contribution < 1.29 is 23.2 Å². The van der Waals surface area contributed by atoms with Gasteiger partial charge < -0.3 is 15.5 Å². The average Bonchev–Trinajstić information content (AvgIpc) is 3.63. The summed E-state index contributed by atoms with van der Waals surface area (Å²) in [6.45, 7) is -0.256. The van der Waals surface area contributed by atoms with Gasteiger partial charge in [0.15, 0.2) is 0 Å². The molecule has 210 valence electrons. The van der Waals surface area contributed by atoms with Gasteiger partial charge in [-0.15, -0.1) is 0 Å². The van der Waals surface area contributed by atoms with Crippen molar-refractivity contribution in [3.05, 3.63) is 82.7 Å². The van der Waals surface area contributed by atoms with Crippen LogP contribution in [-0.2, 0) is 32.6 Å². The number of aromatic nitrogens is 2. The van der Waals surface area contributed by atoms with Gasteiger partial charge in [0.1, 0.15) is 29.8 Å². The molecule has 8 nitrogen and oxygen atoms in total. The van der Waals surface area contributed by atoms with Gasteiger partial charge in [0.2, 0.25) is 17.7 Å². The Labute approximate surface area is 235 Å². The molecule has 2 aliphatic carbocycles. The second-order valence-electron chi connectivity index (χ2n) is 11.9. The maximum Gasteiger partial charge on any atom is 0.245 e. The number of rotatable bonds is 4. The Morgan fingerprint density at radius 1 is 1.02 bits per heavy atom. The smallest absolute Gasteiger partial charge is 0.245 e. The lowest BCUT2D eigenvalue weighted by Crippen LogP contribution is -2.51. The number of benzene rings is 1. The Balaban J connectivity index is 1.12. The molecule has 1 aromatic carbocycles. The van der Waals surface area contributed by atoms with Crippen molar-refractivity contribution in [1.82, 2.24) is 14.9 Å². The lowest BCUT2D eigenvalue weighted by Gasteiger charge is -2.44. The average molecular weight is 558 g/mol. The number of hydrogen-bond donors (Lipinski definition) is 2. The molecule has 7 rings (SSSR count). The zero-order valence-corrected chi connectivity index (χ0v) is 22.4. The zero-order chi connectivity index (χ0) is 28.4. The minimum atomic E-state index is -0.750. The van der Waals surface area contributed by atoms with Crippen LogP contribution >= 0.6 is 0 Å². The summed E-state index contributed by atoms with van der Waals surface area (Å²) in [6.07, 6.45) is 8.85. The van der Waals surface area contributed by atoms with E-state index >= 15 is 0 Å². The highest BCUT2D eigenvalue weighted by Crippen LogP contribution is 2.50. The standard InChI is InChI=1S/C31H29F2N5O3/c32-21-10-18(11-22(33)13-21)24-5-8-30(6-1-2-7-30)29(41)38(24)17-26(39)36-25-12-19-14-31(15-20(19)16-35-25)23-4-3-9-34-27(23)37-28(31)40/h3-4,9-13,16,24H,1-2,5-8,14-15,17H2,(H,34,37,40)(H,35,36,39). The molecule has 4 heterocycles. The van der Waals surface area contributed by atoms with Crippen molar-refractivity contribution in [3.63, 3.8) is 0 Å². The lowest BCUT2D eigenvalue weighted by atomic mass is 9.74. The molecule has 2 spiro atoms. The molecular weight excluding hydrogens is 528 g/mol. The van der Waals surface area contributed by atoms with E-state index in [0.717, 1.165) is 48.4 Å². The molecule has 1 saturated heterocycles. The number of piperidine rings is 1. The zero-order valence-electron chi connectivity index (χ0n) is 22.4. The molecule has 2 aliphatic heterocycles. The largest absolute Gasteiger partial charge is 0.326 e. The minimum absolute atomic E-state index is 0.0998. The van der Waals surface area contributed by atoms with Gasteiger partial charge in [-0.1, -0.05) is 18.9 Å². The molecule has 2 unspecified atom stereocenters. The Bertz CT molecular complexity index is 1580. The predicted octanol–water partition coefficient (Wildman–Crippen LogP) is 4.61. The fourth-order valence-corrected chi connectivity index (χ4v) is 7.49. The molecule has 3 amide bonds. The van der Waals surface area contributed by atoms with E-state index in [1.807, 2.05) is 12.1 Å². The van der Waals surface area contributed by atoms with Crippen molar-refractivity contribution in [3.8, 4) is 0 Å². The number of halogens is 2. The Morgan fingerprint density at radius 2 is 1.78 bits per heavy atom. The monoisotopic (exact) mass is 557 g/mol. The molecule has 0 bridgehead atoms. The SMILES string of the molecule is O=C(CN1C(=O)C2(CCCC2)CCC1c1cc(F)cc(F)c1)Nc1cc2c(cn1)CC1(C2)C(=O)Nc2ncccc21. The van der Waals surface area contributed by atoms with E-state index < -0.39 is 34.4 Å². The maximum atomic E-state index is 14.1. The summed E-state index contributed by atoms with van der Waals surface area (Å²) < 4.78 is 28.2.